The predicted molar refractivity (Wildman–Crippen MR) is 93.6 cm³/mol. The Morgan fingerprint density at radius 3 is 2.57 bits per heavy atom. The number of amides is 1. The highest BCUT2D eigenvalue weighted by Crippen LogP contribution is 2.30. The second-order valence-corrected chi connectivity index (χ2v) is 7.29. The first kappa shape index (κ1) is 17.3. The Hall–Kier alpha value is -2.01. The number of nitrogens with one attached hydrogen (secondary N) is 1. The van der Waals surface area contributed by atoms with Crippen molar-refractivity contribution in [2.24, 2.45) is 12.8 Å². The van der Waals surface area contributed by atoms with Gasteiger partial charge in [0.1, 0.15) is 5.60 Å². The summed E-state index contributed by atoms with van der Waals surface area (Å²) in [5, 5.41) is 4.02. The Labute approximate surface area is 137 Å². The van der Waals surface area contributed by atoms with Gasteiger partial charge in [0, 0.05) is 31.7 Å². The summed E-state index contributed by atoms with van der Waals surface area (Å²) in [6.45, 7) is 8.44. The lowest BCUT2D eigenvalue weighted by Crippen LogP contribution is -2.45. The monoisotopic (exact) mass is 317 g/mol. The van der Waals surface area contributed by atoms with Crippen LogP contribution in [0.1, 0.15) is 33.3 Å². The first-order valence-electron chi connectivity index (χ1n) is 7.88. The molecule has 3 N–H and O–H groups in total. The lowest BCUT2D eigenvalue weighted by atomic mass is 9.81. The van der Waals surface area contributed by atoms with Gasteiger partial charge in [-0.2, -0.15) is 0 Å². The molecule has 1 aromatic carbocycles. The number of aryl methyl sites for hydroxylation is 1. The summed E-state index contributed by atoms with van der Waals surface area (Å²) in [5.74, 6) is 0. The summed E-state index contributed by atoms with van der Waals surface area (Å²) in [6, 6.07) is 8.26. The van der Waals surface area contributed by atoms with Crippen molar-refractivity contribution in [3.63, 3.8) is 0 Å². The number of benzene rings is 1. The van der Waals surface area contributed by atoms with E-state index in [1.807, 2.05) is 40.1 Å². The number of hydrogen-bond acceptors (Lipinski definition) is 3. The molecule has 0 fully saturated rings. The van der Waals surface area contributed by atoms with Crippen LogP contribution in [0, 0.1) is 0 Å². The van der Waals surface area contributed by atoms with E-state index in [0.717, 1.165) is 11.1 Å². The zero-order valence-electron chi connectivity index (χ0n) is 14.6. The molecule has 2 rings (SSSR count). The van der Waals surface area contributed by atoms with Crippen molar-refractivity contribution >= 4 is 17.0 Å². The first-order valence-corrected chi connectivity index (χ1v) is 7.88. The molecule has 1 atom stereocenters. The molecule has 0 aliphatic carbocycles. The third-order valence-corrected chi connectivity index (χ3v) is 4.02. The number of para-hydroxylation sites is 1. The quantitative estimate of drug-likeness (QED) is 0.911. The number of ether oxygens (including phenoxy) is 1. The van der Waals surface area contributed by atoms with E-state index in [-0.39, 0.29) is 5.41 Å². The van der Waals surface area contributed by atoms with Gasteiger partial charge in [-0.05, 0) is 37.8 Å². The van der Waals surface area contributed by atoms with Gasteiger partial charge in [0.05, 0.1) is 5.52 Å². The zero-order valence-corrected chi connectivity index (χ0v) is 14.6. The maximum Gasteiger partial charge on any atom is 0.407 e. The lowest BCUT2D eigenvalue weighted by molar-refractivity contribution is 0.0516. The number of nitrogens with zero attached hydrogens (tertiary/aromatic N) is 1. The molecule has 0 bridgehead atoms. The van der Waals surface area contributed by atoms with E-state index in [1.165, 1.54) is 5.39 Å². The van der Waals surface area contributed by atoms with E-state index in [0.29, 0.717) is 13.1 Å². The van der Waals surface area contributed by atoms with Gasteiger partial charge < -0.3 is 20.4 Å². The van der Waals surface area contributed by atoms with Crippen molar-refractivity contribution in [3.05, 3.63) is 36.0 Å². The van der Waals surface area contributed by atoms with Crippen LogP contribution in [0.15, 0.2) is 30.5 Å². The van der Waals surface area contributed by atoms with Crippen LogP contribution in [-0.4, -0.2) is 29.4 Å². The molecular weight excluding hydrogens is 290 g/mol. The fourth-order valence-electron chi connectivity index (χ4n) is 2.70. The standard InChI is InChI=1S/C18H27N3O2/c1-17(2,3)23-16(22)20-12-18(4,11-19)14-8-6-7-13-9-10-21(5)15(13)14/h6-10H,11-12,19H2,1-5H3,(H,20,22). The predicted octanol–water partition coefficient (Wildman–Crippen LogP) is 2.92. The van der Waals surface area contributed by atoms with Crippen LogP contribution in [0.5, 0.6) is 0 Å². The van der Waals surface area contributed by atoms with Crippen molar-refractivity contribution in [3.8, 4) is 0 Å². The minimum absolute atomic E-state index is 0.372. The van der Waals surface area contributed by atoms with E-state index in [2.05, 4.69) is 35.0 Å². The molecule has 1 heterocycles. The van der Waals surface area contributed by atoms with E-state index in [4.69, 9.17) is 10.5 Å². The third-order valence-electron chi connectivity index (χ3n) is 4.02. The number of fused-ring (bicyclic) bond motifs is 1. The second-order valence-electron chi connectivity index (χ2n) is 7.29. The van der Waals surface area contributed by atoms with E-state index < -0.39 is 11.7 Å². The van der Waals surface area contributed by atoms with E-state index >= 15 is 0 Å². The minimum Gasteiger partial charge on any atom is -0.444 e. The molecule has 5 nitrogen and oxygen atoms in total. The summed E-state index contributed by atoms with van der Waals surface area (Å²) in [6.07, 6.45) is 1.61. The molecule has 2 aromatic rings. The fraction of sp³-hybridized carbons (Fsp3) is 0.500. The summed E-state index contributed by atoms with van der Waals surface area (Å²) in [5.41, 5.74) is 7.45. The summed E-state index contributed by atoms with van der Waals surface area (Å²) in [4.78, 5) is 12.0. The maximum absolute atomic E-state index is 12.0. The van der Waals surface area contributed by atoms with E-state index in [1.54, 1.807) is 0 Å². The van der Waals surface area contributed by atoms with Gasteiger partial charge in [-0.25, -0.2) is 4.79 Å². The molecule has 23 heavy (non-hydrogen) atoms. The van der Waals surface area contributed by atoms with Crippen LogP contribution in [0.2, 0.25) is 0 Å². The number of carbonyl (C=O) groups is 1. The van der Waals surface area contributed by atoms with Crippen molar-refractivity contribution in [2.75, 3.05) is 13.1 Å². The first-order chi connectivity index (χ1) is 10.7. The molecule has 1 aromatic heterocycles. The molecule has 1 unspecified atom stereocenters. The Kier molecular flexibility index (Phi) is 4.71. The number of aromatic nitrogens is 1. The Bertz CT molecular complexity index is 700. The highest BCUT2D eigenvalue weighted by molar-refractivity contribution is 5.84. The number of hydrogen-bond donors (Lipinski definition) is 2. The minimum atomic E-state index is -0.513. The average Bonchev–Trinajstić information content (AvgIpc) is 2.85. The Morgan fingerprint density at radius 1 is 1.26 bits per heavy atom. The van der Waals surface area contributed by atoms with Gasteiger partial charge in [-0.15, -0.1) is 0 Å². The highest BCUT2D eigenvalue weighted by Gasteiger charge is 2.29. The van der Waals surface area contributed by atoms with Crippen molar-refractivity contribution in [2.45, 2.75) is 38.7 Å². The molecular formula is C18H27N3O2. The topological polar surface area (TPSA) is 69.3 Å². The third kappa shape index (κ3) is 3.85. The van der Waals surface area contributed by atoms with Gasteiger partial charge in [-0.3, -0.25) is 0 Å². The van der Waals surface area contributed by atoms with E-state index in [9.17, 15) is 4.79 Å². The SMILES string of the molecule is Cn1ccc2cccc(C(C)(CN)CNC(=O)OC(C)(C)C)c21. The van der Waals surface area contributed by atoms with Crippen molar-refractivity contribution in [1.82, 2.24) is 9.88 Å². The molecule has 0 saturated heterocycles. The van der Waals surface area contributed by atoms with Crippen LogP contribution in [0.4, 0.5) is 4.79 Å². The number of carbonyl (C=O) groups excluding carboxylic acids is 1. The van der Waals surface area contributed by atoms with Gasteiger partial charge in [0.25, 0.3) is 0 Å². The average molecular weight is 317 g/mol. The van der Waals surface area contributed by atoms with Crippen LogP contribution in [0.25, 0.3) is 10.9 Å². The molecule has 126 valence electrons. The van der Waals surface area contributed by atoms with Crippen LogP contribution < -0.4 is 11.1 Å². The fourth-order valence-corrected chi connectivity index (χ4v) is 2.70. The number of nitrogens with two attached hydrogens (primary N) is 1. The van der Waals surface area contributed by atoms with Crippen LogP contribution >= 0.6 is 0 Å². The lowest BCUT2D eigenvalue weighted by Gasteiger charge is -2.30. The molecule has 0 spiro atoms. The number of rotatable bonds is 4. The van der Waals surface area contributed by atoms with Crippen LogP contribution in [0.3, 0.4) is 0 Å². The van der Waals surface area contributed by atoms with Crippen molar-refractivity contribution < 1.29 is 9.53 Å². The number of alkyl carbamates (subject to hydrolysis) is 1. The summed E-state index contributed by atoms with van der Waals surface area (Å²) in [7, 11) is 2.02. The largest absolute Gasteiger partial charge is 0.444 e. The van der Waals surface area contributed by atoms with Crippen LogP contribution in [-0.2, 0) is 17.2 Å². The Balaban J connectivity index is 2.26. The van der Waals surface area contributed by atoms with Gasteiger partial charge in [0.15, 0.2) is 0 Å². The molecule has 5 heteroatoms. The second kappa shape index (κ2) is 6.24. The molecule has 0 aliphatic rings. The van der Waals surface area contributed by atoms with Gasteiger partial charge >= 0.3 is 6.09 Å². The maximum atomic E-state index is 12.0. The normalized spacial score (nSPS) is 14.5. The van der Waals surface area contributed by atoms with Gasteiger partial charge in [0.2, 0.25) is 0 Å². The zero-order chi connectivity index (χ0) is 17.3. The molecule has 0 saturated carbocycles. The molecule has 1 amide bonds. The summed E-state index contributed by atoms with van der Waals surface area (Å²) < 4.78 is 7.40. The Morgan fingerprint density at radius 2 is 1.96 bits per heavy atom. The molecule has 0 aliphatic heterocycles. The van der Waals surface area contributed by atoms with Gasteiger partial charge in [-0.1, -0.05) is 25.1 Å². The summed E-state index contributed by atoms with van der Waals surface area (Å²) >= 11 is 0. The molecule has 0 radical (unpaired) electrons. The van der Waals surface area contributed by atoms with Crippen molar-refractivity contribution in [1.29, 1.82) is 0 Å². The highest BCUT2D eigenvalue weighted by atomic mass is 16.6. The smallest absolute Gasteiger partial charge is 0.407 e.